The van der Waals surface area contributed by atoms with Gasteiger partial charge >= 0.3 is 5.97 Å². The lowest BCUT2D eigenvalue weighted by atomic mass is 10.0. The molecule has 0 rings (SSSR count). The number of carbonyl (C=O) groups is 1. The monoisotopic (exact) mass is 473 g/mol. The summed E-state index contributed by atoms with van der Waals surface area (Å²) in [5, 5.41) is 40.0. The van der Waals surface area contributed by atoms with Crippen LogP contribution in [-0.2, 0) is 4.79 Å². The first-order chi connectivity index (χ1) is 16.0. The molecule has 0 amide bonds. The molecule has 0 aliphatic carbocycles. The molecule has 0 saturated heterocycles. The summed E-state index contributed by atoms with van der Waals surface area (Å²) >= 11 is 0. The predicted octanol–water partition coefficient (Wildman–Crippen LogP) is 5.52. The number of carboxylic acids is 1. The zero-order valence-electron chi connectivity index (χ0n) is 21.7. The van der Waals surface area contributed by atoms with Crippen LogP contribution in [0.25, 0.3) is 0 Å². The molecule has 0 aromatic carbocycles. The second kappa shape index (κ2) is 23.1. The highest BCUT2D eigenvalue weighted by atomic mass is 16.4. The maximum Gasteiger partial charge on any atom is 0.323 e. The molecule has 3 atom stereocenters. The van der Waals surface area contributed by atoms with Gasteiger partial charge in [0.25, 0.3) is 0 Å². The highest BCUT2D eigenvalue weighted by Gasteiger charge is 2.28. The Kier molecular flexibility index (Phi) is 22.6. The molecule has 0 spiro atoms. The third-order valence-electron chi connectivity index (χ3n) is 6.57. The van der Waals surface area contributed by atoms with E-state index >= 15 is 0 Å². The van der Waals surface area contributed by atoms with Gasteiger partial charge in [0.15, 0.2) is 0 Å². The Morgan fingerprint density at radius 2 is 0.970 bits per heavy atom. The van der Waals surface area contributed by atoms with Gasteiger partial charge < -0.3 is 20.4 Å². The summed E-state index contributed by atoms with van der Waals surface area (Å²) in [6.45, 7) is 4.24. The SMILES string of the molecule is CCCCCCCCCCC(O)CN(CC(O)CCCCCCCCCC)C(CO)C(=O)O. The number of hydrogen-bond acceptors (Lipinski definition) is 5. The maximum atomic E-state index is 11.6. The zero-order valence-corrected chi connectivity index (χ0v) is 21.7. The Hall–Kier alpha value is -0.690. The van der Waals surface area contributed by atoms with E-state index in [-0.39, 0.29) is 13.1 Å². The average Bonchev–Trinajstić information content (AvgIpc) is 2.77. The third-order valence-corrected chi connectivity index (χ3v) is 6.57. The van der Waals surface area contributed by atoms with Crippen molar-refractivity contribution in [2.45, 2.75) is 148 Å². The molecule has 6 heteroatoms. The Morgan fingerprint density at radius 1 is 0.636 bits per heavy atom. The molecule has 0 fully saturated rings. The molecule has 0 heterocycles. The minimum Gasteiger partial charge on any atom is -0.480 e. The Balaban J connectivity index is 4.25. The van der Waals surface area contributed by atoms with Crippen molar-refractivity contribution in [1.82, 2.24) is 4.90 Å². The van der Waals surface area contributed by atoms with Crippen molar-refractivity contribution in [3.63, 3.8) is 0 Å². The van der Waals surface area contributed by atoms with Gasteiger partial charge in [-0.1, -0.05) is 117 Å². The molecule has 0 aliphatic rings. The van der Waals surface area contributed by atoms with Crippen LogP contribution in [0.3, 0.4) is 0 Å². The third kappa shape index (κ3) is 19.3. The number of nitrogens with zero attached hydrogens (tertiary/aromatic N) is 1. The van der Waals surface area contributed by atoms with E-state index in [9.17, 15) is 25.2 Å². The normalized spacial score (nSPS) is 14.5. The molecule has 0 aromatic heterocycles. The van der Waals surface area contributed by atoms with Crippen LogP contribution in [0.5, 0.6) is 0 Å². The lowest BCUT2D eigenvalue weighted by Crippen LogP contribution is -2.50. The van der Waals surface area contributed by atoms with Gasteiger partial charge in [0.05, 0.1) is 18.8 Å². The van der Waals surface area contributed by atoms with Crippen LogP contribution in [0.2, 0.25) is 0 Å². The number of aliphatic carboxylic acids is 1. The van der Waals surface area contributed by atoms with Crippen LogP contribution in [-0.4, -0.2) is 69.2 Å². The number of aliphatic hydroxyl groups is 3. The summed E-state index contributed by atoms with van der Waals surface area (Å²) in [5.41, 5.74) is 0. The number of unbranched alkanes of at least 4 members (excludes halogenated alkanes) is 14. The van der Waals surface area contributed by atoms with Crippen LogP contribution in [0.1, 0.15) is 129 Å². The molecule has 33 heavy (non-hydrogen) atoms. The van der Waals surface area contributed by atoms with Gasteiger partial charge in [0.1, 0.15) is 6.04 Å². The van der Waals surface area contributed by atoms with Crippen LogP contribution in [0.4, 0.5) is 0 Å². The number of aliphatic hydroxyl groups excluding tert-OH is 3. The highest BCUT2D eigenvalue weighted by Crippen LogP contribution is 2.15. The van der Waals surface area contributed by atoms with Gasteiger partial charge in [-0.25, -0.2) is 0 Å². The Morgan fingerprint density at radius 3 is 1.27 bits per heavy atom. The molecule has 198 valence electrons. The fourth-order valence-corrected chi connectivity index (χ4v) is 4.43. The smallest absolute Gasteiger partial charge is 0.323 e. The molecule has 0 bridgehead atoms. The Bertz CT molecular complexity index is 407. The van der Waals surface area contributed by atoms with E-state index in [0.29, 0.717) is 12.8 Å². The Labute approximate surface area is 203 Å². The topological polar surface area (TPSA) is 101 Å². The van der Waals surface area contributed by atoms with E-state index in [1.54, 1.807) is 4.90 Å². The quantitative estimate of drug-likeness (QED) is 0.130. The van der Waals surface area contributed by atoms with Gasteiger partial charge in [0, 0.05) is 13.1 Å². The zero-order chi connectivity index (χ0) is 24.7. The van der Waals surface area contributed by atoms with Crippen molar-refractivity contribution in [1.29, 1.82) is 0 Å². The summed E-state index contributed by atoms with van der Waals surface area (Å²) < 4.78 is 0. The number of carboxylic acid groups (broad SMARTS) is 1. The minimum atomic E-state index is -1.11. The minimum absolute atomic E-state index is 0.169. The lowest BCUT2D eigenvalue weighted by molar-refractivity contribution is -0.146. The van der Waals surface area contributed by atoms with E-state index in [1.807, 2.05) is 0 Å². The standard InChI is InChI=1S/C27H55NO5/c1-3-5-7-9-11-13-15-17-19-24(30)21-28(26(23-29)27(32)33)22-25(31)20-18-16-14-12-10-8-6-4-2/h24-26,29-31H,3-23H2,1-2H3,(H,32,33). The molecule has 0 aliphatic heterocycles. The second-order valence-corrected chi connectivity index (χ2v) is 9.83. The van der Waals surface area contributed by atoms with Gasteiger partial charge in [-0.3, -0.25) is 9.69 Å². The average molecular weight is 474 g/mol. The maximum absolute atomic E-state index is 11.6. The summed E-state index contributed by atoms with van der Waals surface area (Å²) in [5.74, 6) is -1.11. The summed E-state index contributed by atoms with van der Waals surface area (Å²) in [7, 11) is 0. The summed E-state index contributed by atoms with van der Waals surface area (Å²) in [4.78, 5) is 13.1. The number of hydrogen-bond donors (Lipinski definition) is 4. The van der Waals surface area contributed by atoms with Crippen molar-refractivity contribution < 1.29 is 25.2 Å². The van der Waals surface area contributed by atoms with Gasteiger partial charge in [-0.05, 0) is 12.8 Å². The highest BCUT2D eigenvalue weighted by molar-refractivity contribution is 5.73. The molecular weight excluding hydrogens is 418 g/mol. The van der Waals surface area contributed by atoms with Crippen molar-refractivity contribution >= 4 is 5.97 Å². The number of rotatable bonds is 25. The molecule has 6 nitrogen and oxygen atoms in total. The van der Waals surface area contributed by atoms with Crippen molar-refractivity contribution in [2.75, 3.05) is 19.7 Å². The molecular formula is C27H55NO5. The van der Waals surface area contributed by atoms with Gasteiger partial charge in [-0.15, -0.1) is 0 Å². The van der Waals surface area contributed by atoms with Gasteiger partial charge in [0.2, 0.25) is 0 Å². The van der Waals surface area contributed by atoms with Crippen molar-refractivity contribution in [3.05, 3.63) is 0 Å². The van der Waals surface area contributed by atoms with Crippen LogP contribution in [0, 0.1) is 0 Å². The largest absolute Gasteiger partial charge is 0.480 e. The fraction of sp³-hybridized carbons (Fsp3) is 0.963. The molecule has 3 unspecified atom stereocenters. The van der Waals surface area contributed by atoms with E-state index in [0.717, 1.165) is 25.7 Å². The lowest BCUT2D eigenvalue weighted by Gasteiger charge is -2.31. The van der Waals surface area contributed by atoms with E-state index in [1.165, 1.54) is 77.0 Å². The van der Waals surface area contributed by atoms with Crippen molar-refractivity contribution in [2.24, 2.45) is 0 Å². The molecule has 0 aromatic rings. The van der Waals surface area contributed by atoms with Gasteiger partial charge in [-0.2, -0.15) is 0 Å². The molecule has 0 saturated carbocycles. The molecule has 0 radical (unpaired) electrons. The van der Waals surface area contributed by atoms with Crippen molar-refractivity contribution in [3.8, 4) is 0 Å². The predicted molar refractivity (Wildman–Crippen MR) is 137 cm³/mol. The second-order valence-electron chi connectivity index (χ2n) is 9.83. The molecule has 4 N–H and O–H groups in total. The van der Waals surface area contributed by atoms with Crippen LogP contribution < -0.4 is 0 Å². The summed E-state index contributed by atoms with van der Waals surface area (Å²) in [6, 6.07) is -1.09. The summed E-state index contributed by atoms with van der Waals surface area (Å²) in [6.07, 6.45) is 19.0. The first kappa shape index (κ1) is 32.3. The first-order valence-corrected chi connectivity index (χ1v) is 13.9. The fourth-order valence-electron chi connectivity index (χ4n) is 4.43. The van der Waals surface area contributed by atoms with E-state index < -0.39 is 30.8 Å². The first-order valence-electron chi connectivity index (χ1n) is 13.9. The van der Waals surface area contributed by atoms with E-state index in [4.69, 9.17) is 0 Å². The van der Waals surface area contributed by atoms with Crippen LogP contribution in [0.15, 0.2) is 0 Å². The van der Waals surface area contributed by atoms with E-state index in [2.05, 4.69) is 13.8 Å². The van der Waals surface area contributed by atoms with Crippen LogP contribution >= 0.6 is 0 Å².